The van der Waals surface area contributed by atoms with Crippen LogP contribution in [0.2, 0.25) is 0 Å². The normalized spacial score (nSPS) is 27.9. The molecule has 1 saturated heterocycles. The summed E-state index contributed by atoms with van der Waals surface area (Å²) < 4.78 is 24.2. The van der Waals surface area contributed by atoms with Gasteiger partial charge in [0.2, 0.25) is 5.91 Å². The second-order valence-electron chi connectivity index (χ2n) is 6.83. The highest BCUT2D eigenvalue weighted by Crippen LogP contribution is 2.29. The first-order valence-electron chi connectivity index (χ1n) is 7.40. The van der Waals surface area contributed by atoms with Crippen LogP contribution in [0.4, 0.5) is 0 Å². The molecule has 114 valence electrons. The number of carbonyl (C=O) groups excluding carboxylic acids is 1. The van der Waals surface area contributed by atoms with E-state index in [2.05, 4.69) is 12.2 Å². The lowest BCUT2D eigenvalue weighted by Gasteiger charge is -2.26. The molecule has 0 bridgehead atoms. The van der Waals surface area contributed by atoms with E-state index in [1.165, 1.54) is 0 Å². The summed E-state index contributed by atoms with van der Waals surface area (Å²) in [5, 5.41) is -0.398. The summed E-state index contributed by atoms with van der Waals surface area (Å²) >= 11 is 0. The predicted molar refractivity (Wildman–Crippen MR) is 80.1 cm³/mol. The largest absolute Gasteiger partial charge is 0.341 e. The Labute approximate surface area is 122 Å². The number of rotatable bonds is 2. The molecule has 1 amide bonds. The molecular weight excluding hydrogens is 274 g/mol. The Morgan fingerprint density at radius 1 is 1.20 bits per heavy atom. The molecule has 1 fully saturated rings. The van der Waals surface area contributed by atoms with Crippen LogP contribution in [-0.4, -0.2) is 42.3 Å². The van der Waals surface area contributed by atoms with Crippen LogP contribution in [0.3, 0.4) is 0 Å². The molecule has 0 saturated carbocycles. The van der Waals surface area contributed by atoms with Crippen molar-refractivity contribution < 1.29 is 13.2 Å². The topological polar surface area (TPSA) is 54.5 Å². The zero-order chi connectivity index (χ0) is 15.0. The quantitative estimate of drug-likeness (QED) is 0.734. The van der Waals surface area contributed by atoms with E-state index in [0.29, 0.717) is 19.5 Å². The number of carbonyl (C=O) groups is 1. The van der Waals surface area contributed by atoms with Crippen molar-refractivity contribution in [3.8, 4) is 0 Å². The lowest BCUT2D eigenvalue weighted by molar-refractivity contribution is -0.134. The van der Waals surface area contributed by atoms with E-state index >= 15 is 0 Å². The van der Waals surface area contributed by atoms with Crippen molar-refractivity contribution in [3.05, 3.63) is 12.2 Å². The van der Waals surface area contributed by atoms with Gasteiger partial charge in [-0.2, -0.15) is 0 Å². The van der Waals surface area contributed by atoms with Crippen molar-refractivity contribution in [1.82, 2.24) is 4.90 Å². The smallest absolute Gasteiger partial charge is 0.226 e. The first-order chi connectivity index (χ1) is 9.23. The lowest BCUT2D eigenvalue weighted by Crippen LogP contribution is -2.41. The van der Waals surface area contributed by atoms with Gasteiger partial charge in [0, 0.05) is 19.0 Å². The Kier molecular flexibility index (Phi) is 4.28. The Bertz CT molecular complexity index is 502. The number of nitrogens with zero attached hydrogens (tertiary/aromatic N) is 1. The van der Waals surface area contributed by atoms with E-state index in [1.807, 2.05) is 0 Å². The highest BCUT2D eigenvalue weighted by Gasteiger charge is 2.42. The van der Waals surface area contributed by atoms with Gasteiger partial charge in [-0.25, -0.2) is 8.42 Å². The molecule has 2 rings (SSSR count). The van der Waals surface area contributed by atoms with Crippen LogP contribution >= 0.6 is 0 Å². The van der Waals surface area contributed by atoms with Crippen LogP contribution in [-0.2, 0) is 14.6 Å². The number of likely N-dealkylation sites (tertiary alicyclic amines) is 1. The van der Waals surface area contributed by atoms with Crippen LogP contribution in [0.5, 0.6) is 0 Å². The SMILES string of the molecule is CC(C)(C)S(=O)(=O)[C@H]1CCN(C(=O)[C@H]2CC=CCC2)C1. The minimum Gasteiger partial charge on any atom is -0.341 e. The van der Waals surface area contributed by atoms with E-state index in [4.69, 9.17) is 0 Å². The third-order valence-corrected chi connectivity index (χ3v) is 7.34. The maximum Gasteiger partial charge on any atom is 0.226 e. The number of amides is 1. The van der Waals surface area contributed by atoms with Gasteiger partial charge in [-0.3, -0.25) is 4.79 Å². The molecule has 0 radical (unpaired) electrons. The average Bonchev–Trinajstić information content (AvgIpc) is 2.87. The molecule has 1 heterocycles. The van der Waals surface area contributed by atoms with Crippen molar-refractivity contribution in [3.63, 3.8) is 0 Å². The summed E-state index contributed by atoms with van der Waals surface area (Å²) in [5.41, 5.74) is 0. The predicted octanol–water partition coefficient (Wildman–Crippen LogP) is 2.16. The Hall–Kier alpha value is -0.840. The summed E-state index contributed by atoms with van der Waals surface area (Å²) in [4.78, 5) is 14.2. The van der Waals surface area contributed by atoms with Gasteiger partial charge in [0.05, 0.1) is 10.00 Å². The monoisotopic (exact) mass is 299 g/mol. The van der Waals surface area contributed by atoms with E-state index in [1.54, 1.807) is 25.7 Å². The van der Waals surface area contributed by atoms with Gasteiger partial charge in [-0.15, -0.1) is 0 Å². The van der Waals surface area contributed by atoms with E-state index in [0.717, 1.165) is 19.3 Å². The average molecular weight is 299 g/mol. The fourth-order valence-electron chi connectivity index (χ4n) is 2.96. The maximum atomic E-state index is 12.4. The number of sulfone groups is 1. The first kappa shape index (κ1) is 15.5. The molecule has 5 heteroatoms. The molecular formula is C15H25NO3S. The molecule has 2 atom stereocenters. The van der Waals surface area contributed by atoms with Crippen molar-refractivity contribution in [2.75, 3.05) is 13.1 Å². The first-order valence-corrected chi connectivity index (χ1v) is 8.95. The highest BCUT2D eigenvalue weighted by molar-refractivity contribution is 7.93. The van der Waals surface area contributed by atoms with Gasteiger partial charge >= 0.3 is 0 Å². The van der Waals surface area contributed by atoms with Gasteiger partial charge in [-0.05, 0) is 46.5 Å². The molecule has 4 nitrogen and oxygen atoms in total. The number of allylic oxidation sites excluding steroid dienone is 2. The van der Waals surface area contributed by atoms with Crippen LogP contribution < -0.4 is 0 Å². The second-order valence-corrected chi connectivity index (χ2v) is 9.82. The van der Waals surface area contributed by atoms with Gasteiger partial charge in [0.25, 0.3) is 0 Å². The van der Waals surface area contributed by atoms with Crippen molar-refractivity contribution in [2.45, 2.75) is 56.5 Å². The fourth-order valence-corrected chi connectivity index (χ4v) is 4.75. The molecule has 0 aromatic rings. The minimum atomic E-state index is -3.18. The maximum absolute atomic E-state index is 12.4. The summed E-state index contributed by atoms with van der Waals surface area (Å²) in [6.45, 7) is 6.16. The lowest BCUT2D eigenvalue weighted by atomic mass is 9.93. The molecule has 0 N–H and O–H groups in total. The van der Waals surface area contributed by atoms with Crippen LogP contribution in [0.1, 0.15) is 46.5 Å². The zero-order valence-electron chi connectivity index (χ0n) is 12.6. The molecule has 20 heavy (non-hydrogen) atoms. The van der Waals surface area contributed by atoms with Crippen LogP contribution in [0.15, 0.2) is 12.2 Å². The van der Waals surface area contributed by atoms with Crippen LogP contribution in [0, 0.1) is 5.92 Å². The third-order valence-electron chi connectivity index (χ3n) is 4.37. The summed E-state index contributed by atoms with van der Waals surface area (Å²) in [5.74, 6) is 0.192. The molecule has 0 spiro atoms. The summed E-state index contributed by atoms with van der Waals surface area (Å²) in [6, 6.07) is 0. The van der Waals surface area contributed by atoms with Gasteiger partial charge in [0.15, 0.2) is 9.84 Å². The summed E-state index contributed by atoms with van der Waals surface area (Å²) in [7, 11) is -3.18. The fraction of sp³-hybridized carbons (Fsp3) is 0.800. The minimum absolute atomic E-state index is 0.0519. The van der Waals surface area contributed by atoms with Crippen molar-refractivity contribution in [1.29, 1.82) is 0 Å². The Morgan fingerprint density at radius 2 is 1.90 bits per heavy atom. The second kappa shape index (κ2) is 5.51. The van der Waals surface area contributed by atoms with Crippen molar-refractivity contribution in [2.24, 2.45) is 5.92 Å². The number of hydrogen-bond acceptors (Lipinski definition) is 3. The Morgan fingerprint density at radius 3 is 2.45 bits per heavy atom. The van der Waals surface area contributed by atoms with Gasteiger partial charge < -0.3 is 4.90 Å². The number of hydrogen-bond donors (Lipinski definition) is 0. The molecule has 2 aliphatic rings. The zero-order valence-corrected chi connectivity index (χ0v) is 13.4. The van der Waals surface area contributed by atoms with E-state index < -0.39 is 19.8 Å². The molecule has 1 aliphatic heterocycles. The molecule has 0 aromatic carbocycles. The van der Waals surface area contributed by atoms with Gasteiger partial charge in [-0.1, -0.05) is 12.2 Å². The third kappa shape index (κ3) is 2.92. The molecule has 1 aliphatic carbocycles. The van der Waals surface area contributed by atoms with E-state index in [9.17, 15) is 13.2 Å². The Balaban J connectivity index is 2.02. The highest BCUT2D eigenvalue weighted by atomic mass is 32.2. The van der Waals surface area contributed by atoms with Crippen molar-refractivity contribution >= 4 is 15.7 Å². The van der Waals surface area contributed by atoms with Crippen LogP contribution in [0.25, 0.3) is 0 Å². The van der Waals surface area contributed by atoms with E-state index in [-0.39, 0.29) is 11.8 Å². The standard InChI is InChI=1S/C15H25NO3S/c1-15(2,3)20(18,19)13-9-10-16(11-13)14(17)12-7-5-4-6-8-12/h4-5,12-13H,6-11H2,1-3H3/t12-,13-/m0/s1. The summed E-state index contributed by atoms with van der Waals surface area (Å²) in [6.07, 6.45) is 7.39. The molecule has 0 unspecified atom stereocenters. The molecule has 0 aromatic heterocycles. The van der Waals surface area contributed by atoms with Gasteiger partial charge in [0.1, 0.15) is 0 Å².